The van der Waals surface area contributed by atoms with Crippen LogP contribution in [0.15, 0.2) is 51.9 Å². The standard InChI is InChI=1S/C21H25N3O3S/c1-3-15-6-7-19-16(11-15)12-17(20(25)23-19)13-24(14-18-5-4-9-27-18)21(28)22-8-10-26-2/h4-7,9,11-12H,3,8,10,13-14H2,1-2H3,(H,22,28)(H,23,25). The second-order valence-corrected chi connectivity index (χ2v) is 6.95. The number of ether oxygens (including phenoxy) is 1. The van der Waals surface area contributed by atoms with Gasteiger partial charge in [0.15, 0.2) is 5.11 Å². The number of aromatic amines is 1. The highest BCUT2D eigenvalue weighted by atomic mass is 32.1. The van der Waals surface area contributed by atoms with Crippen LogP contribution in [0.5, 0.6) is 0 Å². The summed E-state index contributed by atoms with van der Waals surface area (Å²) >= 11 is 5.55. The van der Waals surface area contributed by atoms with Crippen LogP contribution in [-0.4, -0.2) is 35.3 Å². The van der Waals surface area contributed by atoms with Gasteiger partial charge in [0.05, 0.1) is 26.0 Å². The van der Waals surface area contributed by atoms with Crippen molar-refractivity contribution in [2.45, 2.75) is 26.4 Å². The summed E-state index contributed by atoms with van der Waals surface area (Å²) in [6.07, 6.45) is 2.58. The quantitative estimate of drug-likeness (QED) is 0.448. The van der Waals surface area contributed by atoms with Crippen molar-refractivity contribution in [3.05, 3.63) is 69.9 Å². The zero-order chi connectivity index (χ0) is 19.9. The van der Waals surface area contributed by atoms with Crippen LogP contribution in [0.1, 0.15) is 23.8 Å². The molecule has 0 aliphatic heterocycles. The van der Waals surface area contributed by atoms with Crippen LogP contribution < -0.4 is 10.9 Å². The zero-order valence-corrected chi connectivity index (χ0v) is 17.0. The van der Waals surface area contributed by atoms with E-state index in [1.807, 2.05) is 35.2 Å². The zero-order valence-electron chi connectivity index (χ0n) is 16.2. The minimum atomic E-state index is -0.110. The summed E-state index contributed by atoms with van der Waals surface area (Å²) in [5.74, 6) is 0.779. The van der Waals surface area contributed by atoms with E-state index in [9.17, 15) is 4.79 Å². The summed E-state index contributed by atoms with van der Waals surface area (Å²) in [7, 11) is 1.64. The number of rotatable bonds is 8. The smallest absolute Gasteiger partial charge is 0.253 e. The van der Waals surface area contributed by atoms with Crippen molar-refractivity contribution in [3.63, 3.8) is 0 Å². The SMILES string of the molecule is CCc1ccc2[nH]c(=O)c(CN(Cc3ccco3)C(=S)NCCOC)cc2c1. The molecule has 0 saturated heterocycles. The number of H-pyrrole nitrogens is 1. The molecule has 3 aromatic rings. The molecule has 0 unspecified atom stereocenters. The number of thiocarbonyl (C=S) groups is 1. The van der Waals surface area contributed by atoms with E-state index in [4.69, 9.17) is 21.4 Å². The fourth-order valence-electron chi connectivity index (χ4n) is 3.01. The molecule has 28 heavy (non-hydrogen) atoms. The molecular formula is C21H25N3O3S. The predicted octanol–water partition coefficient (Wildman–Crippen LogP) is 3.21. The number of pyridine rings is 1. The first-order valence-corrected chi connectivity index (χ1v) is 9.70. The van der Waals surface area contributed by atoms with Gasteiger partial charge in [0.25, 0.3) is 5.56 Å². The van der Waals surface area contributed by atoms with Gasteiger partial charge in [0.1, 0.15) is 5.76 Å². The van der Waals surface area contributed by atoms with Crippen LogP contribution in [0, 0.1) is 0 Å². The van der Waals surface area contributed by atoms with Crippen LogP contribution >= 0.6 is 12.2 Å². The van der Waals surface area contributed by atoms with Gasteiger partial charge in [-0.1, -0.05) is 13.0 Å². The van der Waals surface area contributed by atoms with Gasteiger partial charge in [-0.15, -0.1) is 0 Å². The highest BCUT2D eigenvalue weighted by molar-refractivity contribution is 7.80. The monoisotopic (exact) mass is 399 g/mol. The summed E-state index contributed by atoms with van der Waals surface area (Å²) in [5, 5.41) is 4.74. The highest BCUT2D eigenvalue weighted by Crippen LogP contribution is 2.16. The maximum atomic E-state index is 12.6. The Balaban J connectivity index is 1.86. The fourth-order valence-corrected chi connectivity index (χ4v) is 3.24. The lowest BCUT2D eigenvalue weighted by Gasteiger charge is -2.25. The molecular weight excluding hydrogens is 374 g/mol. The minimum absolute atomic E-state index is 0.110. The minimum Gasteiger partial charge on any atom is -0.467 e. The topological polar surface area (TPSA) is 70.5 Å². The number of methoxy groups -OCH3 is 1. The van der Waals surface area contributed by atoms with Gasteiger partial charge in [0.2, 0.25) is 0 Å². The lowest BCUT2D eigenvalue weighted by Crippen LogP contribution is -2.41. The van der Waals surface area contributed by atoms with Crippen molar-refractivity contribution in [2.75, 3.05) is 20.3 Å². The first-order valence-electron chi connectivity index (χ1n) is 9.29. The van der Waals surface area contributed by atoms with E-state index in [0.29, 0.717) is 36.9 Å². The second kappa shape index (κ2) is 9.52. The Bertz CT molecular complexity index is 982. The van der Waals surface area contributed by atoms with Crippen molar-refractivity contribution in [1.82, 2.24) is 15.2 Å². The molecule has 2 aromatic heterocycles. The van der Waals surface area contributed by atoms with E-state index in [1.54, 1.807) is 13.4 Å². The van der Waals surface area contributed by atoms with Gasteiger partial charge in [0, 0.05) is 24.7 Å². The maximum Gasteiger partial charge on any atom is 0.253 e. The Kier molecular flexibility index (Phi) is 6.84. The van der Waals surface area contributed by atoms with Crippen LogP contribution in [-0.2, 0) is 24.2 Å². The first-order chi connectivity index (χ1) is 13.6. The van der Waals surface area contributed by atoms with Crippen LogP contribution in [0.2, 0.25) is 0 Å². The van der Waals surface area contributed by atoms with Gasteiger partial charge in [-0.25, -0.2) is 0 Å². The Morgan fingerprint density at radius 2 is 2.14 bits per heavy atom. The number of aryl methyl sites for hydroxylation is 1. The number of aromatic nitrogens is 1. The molecule has 2 heterocycles. The Hall–Kier alpha value is -2.64. The average molecular weight is 400 g/mol. The molecule has 0 aliphatic carbocycles. The summed E-state index contributed by atoms with van der Waals surface area (Å²) in [6, 6.07) is 11.8. The number of fused-ring (bicyclic) bond motifs is 1. The Morgan fingerprint density at radius 3 is 2.86 bits per heavy atom. The maximum absolute atomic E-state index is 12.6. The molecule has 7 heteroatoms. The van der Waals surface area contributed by atoms with Crippen molar-refractivity contribution in [2.24, 2.45) is 0 Å². The molecule has 6 nitrogen and oxygen atoms in total. The summed E-state index contributed by atoms with van der Waals surface area (Å²) < 4.78 is 10.5. The molecule has 0 fully saturated rings. The molecule has 0 radical (unpaired) electrons. The number of nitrogens with zero attached hydrogens (tertiary/aromatic N) is 1. The van der Waals surface area contributed by atoms with Gasteiger partial charge in [-0.2, -0.15) is 0 Å². The van der Waals surface area contributed by atoms with Gasteiger partial charge >= 0.3 is 0 Å². The van der Waals surface area contributed by atoms with Crippen molar-refractivity contribution in [3.8, 4) is 0 Å². The molecule has 0 spiro atoms. The van der Waals surface area contributed by atoms with Crippen LogP contribution in [0.25, 0.3) is 10.9 Å². The molecule has 3 rings (SSSR count). The first kappa shape index (κ1) is 20.1. The third-order valence-electron chi connectivity index (χ3n) is 4.55. The molecule has 148 valence electrons. The van der Waals surface area contributed by atoms with E-state index in [1.165, 1.54) is 5.56 Å². The molecule has 0 atom stereocenters. The summed E-state index contributed by atoms with van der Waals surface area (Å²) in [6.45, 7) is 4.10. The summed E-state index contributed by atoms with van der Waals surface area (Å²) in [4.78, 5) is 17.5. The molecule has 2 N–H and O–H groups in total. The van der Waals surface area contributed by atoms with Crippen molar-refractivity contribution < 1.29 is 9.15 Å². The van der Waals surface area contributed by atoms with Gasteiger partial charge in [-0.3, -0.25) is 4.79 Å². The van der Waals surface area contributed by atoms with E-state index in [0.717, 1.165) is 23.1 Å². The third kappa shape index (κ3) is 4.99. The van der Waals surface area contributed by atoms with Crippen molar-refractivity contribution in [1.29, 1.82) is 0 Å². The number of hydrogen-bond donors (Lipinski definition) is 2. The van der Waals surface area contributed by atoms with Gasteiger partial charge < -0.3 is 24.4 Å². The summed E-state index contributed by atoms with van der Waals surface area (Å²) in [5.41, 5.74) is 2.61. The number of furan rings is 1. The number of hydrogen-bond acceptors (Lipinski definition) is 4. The predicted molar refractivity (Wildman–Crippen MR) is 114 cm³/mol. The lowest BCUT2D eigenvalue weighted by molar-refractivity contribution is 0.202. The van der Waals surface area contributed by atoms with E-state index >= 15 is 0 Å². The highest BCUT2D eigenvalue weighted by Gasteiger charge is 2.15. The Labute approximate surface area is 169 Å². The third-order valence-corrected chi connectivity index (χ3v) is 4.95. The Morgan fingerprint density at radius 1 is 1.29 bits per heavy atom. The molecule has 0 saturated carbocycles. The number of benzene rings is 1. The van der Waals surface area contributed by atoms with E-state index < -0.39 is 0 Å². The fraction of sp³-hybridized carbons (Fsp3) is 0.333. The van der Waals surface area contributed by atoms with Gasteiger partial charge in [-0.05, 0) is 59.9 Å². The second-order valence-electron chi connectivity index (χ2n) is 6.56. The van der Waals surface area contributed by atoms with Crippen LogP contribution in [0.3, 0.4) is 0 Å². The van der Waals surface area contributed by atoms with Crippen molar-refractivity contribution >= 4 is 28.2 Å². The lowest BCUT2D eigenvalue weighted by atomic mass is 10.1. The number of nitrogens with one attached hydrogen (secondary N) is 2. The molecule has 0 bridgehead atoms. The normalized spacial score (nSPS) is 10.9. The largest absolute Gasteiger partial charge is 0.467 e. The van der Waals surface area contributed by atoms with E-state index in [2.05, 4.69) is 23.3 Å². The molecule has 0 aliphatic rings. The average Bonchev–Trinajstić information content (AvgIpc) is 3.21. The van der Waals surface area contributed by atoms with Crippen LogP contribution in [0.4, 0.5) is 0 Å². The molecule has 0 amide bonds. The van der Waals surface area contributed by atoms with E-state index in [-0.39, 0.29) is 5.56 Å². The molecule has 1 aromatic carbocycles.